The highest BCUT2D eigenvalue weighted by Crippen LogP contribution is 2.07. The molecule has 3 nitrogen and oxygen atoms in total. The van der Waals surface area contributed by atoms with E-state index in [4.69, 9.17) is 0 Å². The van der Waals surface area contributed by atoms with Crippen molar-refractivity contribution < 1.29 is 4.79 Å². The first-order valence-electron chi connectivity index (χ1n) is 2.51. The molecule has 0 saturated carbocycles. The predicted molar refractivity (Wildman–Crippen MR) is 34.7 cm³/mol. The maximum absolute atomic E-state index is 10.6. The van der Waals surface area contributed by atoms with Gasteiger partial charge in [0.2, 0.25) is 0 Å². The van der Waals surface area contributed by atoms with Crippen LogP contribution in [0.4, 0.5) is 0 Å². The van der Waals surface area contributed by atoms with E-state index in [9.17, 15) is 4.79 Å². The summed E-state index contributed by atoms with van der Waals surface area (Å²) in [5, 5.41) is 3.63. The number of nitrogens with zero attached hydrogens (tertiary/aromatic N) is 2. The van der Waals surface area contributed by atoms with Gasteiger partial charge in [-0.3, -0.25) is 4.79 Å². The Morgan fingerprint density at radius 2 is 2.33 bits per heavy atom. The Kier molecular flexibility index (Phi) is 1.57. The van der Waals surface area contributed by atoms with Crippen LogP contribution in [0.3, 0.4) is 0 Å². The summed E-state index contributed by atoms with van der Waals surface area (Å²) in [5.41, 5.74) is 0.500. The molecular formula is C5H6N2OS. The van der Waals surface area contributed by atoms with Crippen molar-refractivity contribution >= 4 is 17.3 Å². The molecule has 0 aliphatic rings. The van der Waals surface area contributed by atoms with Crippen molar-refractivity contribution in [1.82, 2.24) is 9.59 Å². The molecule has 48 valence electrons. The van der Waals surface area contributed by atoms with E-state index in [1.165, 1.54) is 18.5 Å². The number of ketones is 1. The van der Waals surface area contributed by atoms with Crippen molar-refractivity contribution in [3.63, 3.8) is 0 Å². The van der Waals surface area contributed by atoms with Crippen LogP contribution >= 0.6 is 11.5 Å². The molecule has 0 aliphatic carbocycles. The fourth-order valence-corrected chi connectivity index (χ4v) is 1.07. The minimum absolute atomic E-state index is 0.0127. The lowest BCUT2D eigenvalue weighted by Crippen LogP contribution is -1.93. The molecule has 0 fully saturated rings. The number of rotatable bonds is 1. The summed E-state index contributed by atoms with van der Waals surface area (Å²) in [6.45, 7) is 3.32. The zero-order valence-electron chi connectivity index (χ0n) is 5.21. The Bertz CT molecular complexity index is 231. The molecular weight excluding hydrogens is 136 g/mol. The minimum atomic E-state index is -0.0127. The summed E-state index contributed by atoms with van der Waals surface area (Å²) >= 11 is 1.25. The number of carbonyl (C=O) groups is 1. The number of aryl methyl sites for hydroxylation is 1. The Labute approximate surface area is 56.9 Å². The van der Waals surface area contributed by atoms with Gasteiger partial charge in [0.05, 0.1) is 4.88 Å². The van der Waals surface area contributed by atoms with Crippen molar-refractivity contribution in [3.05, 3.63) is 10.6 Å². The molecule has 0 saturated heterocycles. The van der Waals surface area contributed by atoms with Gasteiger partial charge < -0.3 is 0 Å². The molecule has 4 heteroatoms. The quantitative estimate of drug-likeness (QED) is 0.550. The van der Waals surface area contributed by atoms with Crippen molar-refractivity contribution in [2.24, 2.45) is 0 Å². The smallest absolute Gasteiger partial charge is 0.181 e. The Hall–Kier alpha value is -0.770. The van der Waals surface area contributed by atoms with Gasteiger partial charge in [0.25, 0.3) is 0 Å². The topological polar surface area (TPSA) is 42.9 Å². The molecule has 9 heavy (non-hydrogen) atoms. The minimum Gasteiger partial charge on any atom is -0.293 e. The zero-order valence-corrected chi connectivity index (χ0v) is 6.03. The standard InChI is InChI=1S/C5H6N2OS/c1-3(8)5-4(2)9-7-6-5/h1-2H3. The third kappa shape index (κ3) is 1.13. The molecule has 0 bridgehead atoms. The van der Waals surface area contributed by atoms with Crippen LogP contribution in [0.1, 0.15) is 22.3 Å². The van der Waals surface area contributed by atoms with Crippen LogP contribution in [-0.2, 0) is 0 Å². The molecule has 0 atom stereocenters. The number of aromatic nitrogens is 2. The number of hydrogen-bond donors (Lipinski definition) is 0. The van der Waals surface area contributed by atoms with Gasteiger partial charge in [0, 0.05) is 6.92 Å². The van der Waals surface area contributed by atoms with Gasteiger partial charge in [-0.2, -0.15) is 0 Å². The lowest BCUT2D eigenvalue weighted by atomic mass is 10.3. The van der Waals surface area contributed by atoms with Crippen molar-refractivity contribution in [1.29, 1.82) is 0 Å². The highest BCUT2D eigenvalue weighted by molar-refractivity contribution is 7.05. The third-order valence-corrected chi connectivity index (χ3v) is 1.62. The van der Waals surface area contributed by atoms with Crippen molar-refractivity contribution in [3.8, 4) is 0 Å². The summed E-state index contributed by atoms with van der Waals surface area (Å²) in [4.78, 5) is 11.5. The second-order valence-electron chi connectivity index (χ2n) is 1.73. The van der Waals surface area contributed by atoms with Crippen LogP contribution in [0.5, 0.6) is 0 Å². The number of carbonyl (C=O) groups excluding carboxylic acids is 1. The first kappa shape index (κ1) is 6.35. The largest absolute Gasteiger partial charge is 0.293 e. The maximum atomic E-state index is 10.6. The lowest BCUT2D eigenvalue weighted by Gasteiger charge is -1.83. The fraction of sp³-hybridized carbons (Fsp3) is 0.400. The van der Waals surface area contributed by atoms with Gasteiger partial charge in [0.1, 0.15) is 5.69 Å². The Morgan fingerprint density at radius 3 is 2.56 bits per heavy atom. The van der Waals surface area contributed by atoms with E-state index in [0.29, 0.717) is 5.69 Å². The van der Waals surface area contributed by atoms with Crippen molar-refractivity contribution in [2.45, 2.75) is 13.8 Å². The molecule has 1 heterocycles. The van der Waals surface area contributed by atoms with Gasteiger partial charge >= 0.3 is 0 Å². The molecule has 0 N–H and O–H groups in total. The van der Waals surface area contributed by atoms with Crippen LogP contribution in [0.2, 0.25) is 0 Å². The first-order valence-corrected chi connectivity index (χ1v) is 3.29. The second kappa shape index (κ2) is 2.23. The summed E-state index contributed by atoms with van der Waals surface area (Å²) in [6.07, 6.45) is 0. The molecule has 0 amide bonds. The van der Waals surface area contributed by atoms with Crippen LogP contribution in [0, 0.1) is 6.92 Å². The van der Waals surface area contributed by atoms with E-state index >= 15 is 0 Å². The van der Waals surface area contributed by atoms with Crippen LogP contribution in [0.15, 0.2) is 0 Å². The average Bonchev–Trinajstić information content (AvgIpc) is 2.13. The van der Waals surface area contributed by atoms with Crippen LogP contribution in [0.25, 0.3) is 0 Å². The highest BCUT2D eigenvalue weighted by atomic mass is 32.1. The molecule has 0 unspecified atom stereocenters. The highest BCUT2D eigenvalue weighted by Gasteiger charge is 2.06. The van der Waals surface area contributed by atoms with Gasteiger partial charge in [0.15, 0.2) is 5.78 Å². The molecule has 0 radical (unpaired) electrons. The Morgan fingerprint density at radius 1 is 1.67 bits per heavy atom. The zero-order chi connectivity index (χ0) is 6.85. The monoisotopic (exact) mass is 142 g/mol. The van der Waals surface area contributed by atoms with Crippen LogP contribution < -0.4 is 0 Å². The van der Waals surface area contributed by atoms with Crippen LogP contribution in [-0.4, -0.2) is 15.4 Å². The molecule has 0 spiro atoms. The molecule has 1 rings (SSSR count). The molecule has 1 aromatic heterocycles. The lowest BCUT2D eigenvalue weighted by molar-refractivity contribution is 0.101. The summed E-state index contributed by atoms with van der Waals surface area (Å²) in [5.74, 6) is -0.0127. The van der Waals surface area contributed by atoms with E-state index in [-0.39, 0.29) is 5.78 Å². The third-order valence-electron chi connectivity index (χ3n) is 0.986. The first-order chi connectivity index (χ1) is 4.22. The molecule has 1 aromatic rings. The number of Topliss-reactive ketones (excluding diaryl/α,β-unsaturated/α-hetero) is 1. The Balaban J connectivity index is 3.08. The van der Waals surface area contributed by atoms with E-state index in [1.807, 2.05) is 6.92 Å². The predicted octanol–water partition coefficient (Wildman–Crippen LogP) is 1.05. The summed E-state index contributed by atoms with van der Waals surface area (Å²) < 4.78 is 3.61. The van der Waals surface area contributed by atoms with E-state index < -0.39 is 0 Å². The van der Waals surface area contributed by atoms with Gasteiger partial charge in [-0.15, -0.1) is 5.10 Å². The molecule has 0 aromatic carbocycles. The SMILES string of the molecule is CC(=O)c1nnsc1C. The van der Waals surface area contributed by atoms with Gasteiger partial charge in [-0.25, -0.2) is 0 Å². The van der Waals surface area contributed by atoms with Gasteiger partial charge in [-0.1, -0.05) is 4.49 Å². The normalized spacial score (nSPS) is 9.56. The average molecular weight is 142 g/mol. The number of hydrogen-bond acceptors (Lipinski definition) is 4. The summed E-state index contributed by atoms with van der Waals surface area (Å²) in [6, 6.07) is 0. The molecule has 0 aliphatic heterocycles. The maximum Gasteiger partial charge on any atom is 0.181 e. The van der Waals surface area contributed by atoms with E-state index in [2.05, 4.69) is 9.59 Å². The van der Waals surface area contributed by atoms with Gasteiger partial charge in [-0.05, 0) is 18.5 Å². The second-order valence-corrected chi connectivity index (χ2v) is 2.69. The van der Waals surface area contributed by atoms with E-state index in [0.717, 1.165) is 4.88 Å². The van der Waals surface area contributed by atoms with Crippen molar-refractivity contribution in [2.75, 3.05) is 0 Å². The van der Waals surface area contributed by atoms with E-state index in [1.54, 1.807) is 0 Å². The summed E-state index contributed by atoms with van der Waals surface area (Å²) in [7, 11) is 0. The fourth-order valence-electron chi connectivity index (χ4n) is 0.554.